The number of rotatable bonds is 2. The van der Waals surface area contributed by atoms with Crippen molar-refractivity contribution >= 4 is 0 Å². The predicted octanol–water partition coefficient (Wildman–Crippen LogP) is 1.25. The van der Waals surface area contributed by atoms with E-state index in [1.807, 2.05) is 26.2 Å². The zero-order valence-electron chi connectivity index (χ0n) is 10.5. The van der Waals surface area contributed by atoms with Crippen molar-refractivity contribution in [2.24, 2.45) is 0 Å². The summed E-state index contributed by atoms with van der Waals surface area (Å²) in [6.07, 6.45) is 3.83. The van der Waals surface area contributed by atoms with Gasteiger partial charge in [-0.2, -0.15) is 0 Å². The first-order chi connectivity index (χ1) is 7.39. The zero-order valence-corrected chi connectivity index (χ0v) is 10.5. The molecular formula is C12H21N3O. The van der Waals surface area contributed by atoms with E-state index in [1.165, 1.54) is 0 Å². The molecule has 2 heterocycles. The van der Waals surface area contributed by atoms with Crippen LogP contribution in [0.15, 0.2) is 12.4 Å². The standard InChI is InChI=1S/C12H21N3O/c1-9(2)15-8-11-13-5-6-14(11)7-10(15)12(3,4)16/h5-6,9-10,16H,7-8H2,1-4H3. The Hall–Kier alpha value is -0.870. The molecule has 0 aromatic carbocycles. The third kappa shape index (κ3) is 1.99. The van der Waals surface area contributed by atoms with E-state index in [-0.39, 0.29) is 6.04 Å². The second-order valence-electron chi connectivity index (χ2n) is 5.43. The highest BCUT2D eigenvalue weighted by atomic mass is 16.3. The Balaban J connectivity index is 2.31. The molecule has 90 valence electrons. The first-order valence-corrected chi connectivity index (χ1v) is 5.87. The van der Waals surface area contributed by atoms with Crippen molar-refractivity contribution in [3.05, 3.63) is 18.2 Å². The highest BCUT2D eigenvalue weighted by Crippen LogP contribution is 2.26. The lowest BCUT2D eigenvalue weighted by Crippen LogP contribution is -2.56. The van der Waals surface area contributed by atoms with E-state index in [0.717, 1.165) is 18.9 Å². The molecule has 1 aliphatic rings. The highest BCUT2D eigenvalue weighted by molar-refractivity contribution is 5.02. The molecule has 1 aromatic rings. The van der Waals surface area contributed by atoms with Crippen LogP contribution in [0.4, 0.5) is 0 Å². The average molecular weight is 223 g/mol. The molecule has 0 aliphatic carbocycles. The van der Waals surface area contributed by atoms with E-state index in [0.29, 0.717) is 6.04 Å². The number of imidazole rings is 1. The highest BCUT2D eigenvalue weighted by Gasteiger charge is 2.37. The van der Waals surface area contributed by atoms with E-state index in [2.05, 4.69) is 28.3 Å². The maximum atomic E-state index is 10.2. The van der Waals surface area contributed by atoms with Crippen molar-refractivity contribution in [1.82, 2.24) is 14.5 Å². The third-order valence-electron chi connectivity index (χ3n) is 3.37. The molecule has 1 atom stereocenters. The molecule has 0 amide bonds. The molecule has 16 heavy (non-hydrogen) atoms. The molecule has 1 N–H and O–H groups in total. The molecule has 1 aromatic heterocycles. The van der Waals surface area contributed by atoms with Gasteiger partial charge in [0.15, 0.2) is 0 Å². The second kappa shape index (κ2) is 3.86. The summed E-state index contributed by atoms with van der Waals surface area (Å²) >= 11 is 0. The van der Waals surface area contributed by atoms with Gasteiger partial charge < -0.3 is 9.67 Å². The molecule has 0 radical (unpaired) electrons. The lowest BCUT2D eigenvalue weighted by Gasteiger charge is -2.44. The van der Waals surface area contributed by atoms with Crippen LogP contribution in [-0.4, -0.2) is 37.2 Å². The Kier molecular flexibility index (Phi) is 2.80. The van der Waals surface area contributed by atoms with Crippen LogP contribution in [0.2, 0.25) is 0 Å². The SMILES string of the molecule is CC(C)N1Cc2nccn2CC1C(C)(C)O. The van der Waals surface area contributed by atoms with Crippen molar-refractivity contribution in [1.29, 1.82) is 0 Å². The Bertz CT molecular complexity index is 365. The molecule has 0 spiro atoms. The minimum absolute atomic E-state index is 0.147. The van der Waals surface area contributed by atoms with Crippen LogP contribution in [-0.2, 0) is 13.1 Å². The van der Waals surface area contributed by atoms with Crippen LogP contribution in [0.5, 0.6) is 0 Å². The Labute approximate surface area is 96.9 Å². The maximum Gasteiger partial charge on any atom is 0.122 e. The fourth-order valence-electron chi connectivity index (χ4n) is 2.39. The van der Waals surface area contributed by atoms with Crippen molar-refractivity contribution < 1.29 is 5.11 Å². The minimum Gasteiger partial charge on any atom is -0.389 e. The van der Waals surface area contributed by atoms with E-state index >= 15 is 0 Å². The van der Waals surface area contributed by atoms with Gasteiger partial charge >= 0.3 is 0 Å². The summed E-state index contributed by atoms with van der Waals surface area (Å²) in [6, 6.07) is 0.566. The van der Waals surface area contributed by atoms with E-state index in [4.69, 9.17) is 0 Å². The van der Waals surface area contributed by atoms with Gasteiger partial charge in [0, 0.05) is 25.0 Å². The maximum absolute atomic E-state index is 10.2. The lowest BCUT2D eigenvalue weighted by atomic mass is 9.94. The average Bonchev–Trinajstić information content (AvgIpc) is 2.60. The van der Waals surface area contributed by atoms with Crippen molar-refractivity contribution in [3.63, 3.8) is 0 Å². The monoisotopic (exact) mass is 223 g/mol. The van der Waals surface area contributed by atoms with Gasteiger partial charge in [-0.3, -0.25) is 4.90 Å². The topological polar surface area (TPSA) is 41.3 Å². The number of hydrogen-bond donors (Lipinski definition) is 1. The molecule has 0 saturated carbocycles. The van der Waals surface area contributed by atoms with Gasteiger partial charge in [0.2, 0.25) is 0 Å². The van der Waals surface area contributed by atoms with Gasteiger partial charge in [0.1, 0.15) is 5.82 Å². The van der Waals surface area contributed by atoms with Crippen LogP contribution >= 0.6 is 0 Å². The predicted molar refractivity (Wildman–Crippen MR) is 63.0 cm³/mol. The largest absolute Gasteiger partial charge is 0.389 e. The summed E-state index contributed by atoms with van der Waals surface area (Å²) in [5, 5.41) is 10.2. The van der Waals surface area contributed by atoms with Crippen LogP contribution in [0.3, 0.4) is 0 Å². The van der Waals surface area contributed by atoms with Gasteiger partial charge in [0.05, 0.1) is 18.2 Å². The summed E-state index contributed by atoms with van der Waals surface area (Å²) in [5.41, 5.74) is -0.688. The zero-order chi connectivity index (χ0) is 11.9. The summed E-state index contributed by atoms with van der Waals surface area (Å²) < 4.78 is 2.14. The smallest absolute Gasteiger partial charge is 0.122 e. The van der Waals surface area contributed by atoms with E-state index in [1.54, 1.807) is 0 Å². The number of aromatic nitrogens is 2. The van der Waals surface area contributed by atoms with Crippen molar-refractivity contribution in [3.8, 4) is 0 Å². The molecule has 0 bridgehead atoms. The quantitative estimate of drug-likeness (QED) is 0.820. The van der Waals surface area contributed by atoms with Crippen LogP contribution in [0.1, 0.15) is 33.5 Å². The molecule has 0 fully saturated rings. The molecule has 1 aliphatic heterocycles. The van der Waals surface area contributed by atoms with Gasteiger partial charge in [0.25, 0.3) is 0 Å². The third-order valence-corrected chi connectivity index (χ3v) is 3.37. The summed E-state index contributed by atoms with van der Waals surface area (Å²) in [6.45, 7) is 9.73. The van der Waals surface area contributed by atoms with Gasteiger partial charge in [-0.1, -0.05) is 0 Å². The van der Waals surface area contributed by atoms with Crippen molar-refractivity contribution in [2.45, 2.75) is 58.5 Å². The van der Waals surface area contributed by atoms with Gasteiger partial charge in [-0.15, -0.1) is 0 Å². The number of fused-ring (bicyclic) bond motifs is 1. The minimum atomic E-state index is -0.688. The summed E-state index contributed by atoms with van der Waals surface area (Å²) in [5.74, 6) is 1.09. The fraction of sp³-hybridized carbons (Fsp3) is 0.750. The summed E-state index contributed by atoms with van der Waals surface area (Å²) in [7, 11) is 0. The number of nitrogens with zero attached hydrogens (tertiary/aromatic N) is 3. The Morgan fingerprint density at radius 2 is 2.19 bits per heavy atom. The molecule has 4 heteroatoms. The number of hydrogen-bond acceptors (Lipinski definition) is 3. The molecule has 4 nitrogen and oxygen atoms in total. The molecule has 0 saturated heterocycles. The van der Waals surface area contributed by atoms with Crippen LogP contribution < -0.4 is 0 Å². The summed E-state index contributed by atoms with van der Waals surface area (Å²) in [4.78, 5) is 6.67. The van der Waals surface area contributed by atoms with Gasteiger partial charge in [-0.05, 0) is 27.7 Å². The van der Waals surface area contributed by atoms with Crippen LogP contribution in [0, 0.1) is 0 Å². The van der Waals surface area contributed by atoms with Crippen LogP contribution in [0.25, 0.3) is 0 Å². The Morgan fingerprint density at radius 3 is 2.75 bits per heavy atom. The van der Waals surface area contributed by atoms with E-state index in [9.17, 15) is 5.11 Å². The molecule has 1 unspecified atom stereocenters. The van der Waals surface area contributed by atoms with Crippen molar-refractivity contribution in [2.75, 3.05) is 0 Å². The second-order valence-corrected chi connectivity index (χ2v) is 5.43. The molecular weight excluding hydrogens is 202 g/mol. The Morgan fingerprint density at radius 1 is 1.50 bits per heavy atom. The normalized spacial score (nSPS) is 22.5. The fourth-order valence-corrected chi connectivity index (χ4v) is 2.39. The first-order valence-electron chi connectivity index (χ1n) is 5.87. The number of aliphatic hydroxyl groups is 1. The van der Waals surface area contributed by atoms with Gasteiger partial charge in [-0.25, -0.2) is 4.98 Å². The lowest BCUT2D eigenvalue weighted by molar-refractivity contribution is -0.0537. The van der Waals surface area contributed by atoms with E-state index < -0.39 is 5.60 Å². The molecule has 2 rings (SSSR count). The first kappa shape index (κ1) is 11.6.